The molecule has 1 aromatic rings. The number of ether oxygens (including phenoxy) is 3. The average molecular weight is 843 g/mol. The van der Waals surface area contributed by atoms with Crippen LogP contribution >= 0.6 is 7.60 Å². The summed E-state index contributed by atoms with van der Waals surface area (Å²) in [5, 5.41) is 0. The Hall–Kier alpha value is -1.36. The summed E-state index contributed by atoms with van der Waals surface area (Å²) in [6.45, 7) is 7.13. The molecular formula is C46H91N4O7P. The van der Waals surface area contributed by atoms with Gasteiger partial charge < -0.3 is 29.0 Å². The minimum atomic E-state index is -3.57. The molecule has 1 aromatic heterocycles. The Morgan fingerprint density at radius 3 is 1.17 bits per heavy atom. The lowest BCUT2D eigenvalue weighted by atomic mass is 10.0. The molecule has 0 aromatic carbocycles. The van der Waals surface area contributed by atoms with E-state index in [1.54, 1.807) is 0 Å². The number of aromatic nitrogens is 3. The zero-order valence-corrected chi connectivity index (χ0v) is 38.7. The summed E-state index contributed by atoms with van der Waals surface area (Å²) >= 11 is 0. The van der Waals surface area contributed by atoms with E-state index < -0.39 is 13.3 Å². The van der Waals surface area contributed by atoms with Crippen molar-refractivity contribution in [3.05, 3.63) is 16.8 Å². The van der Waals surface area contributed by atoms with Crippen LogP contribution in [0.4, 0.5) is 5.95 Å². The van der Waals surface area contributed by atoms with Gasteiger partial charge in [-0.2, -0.15) is 4.98 Å². The molecule has 0 bridgehead atoms. The molecule has 0 fully saturated rings. The summed E-state index contributed by atoms with van der Waals surface area (Å²) in [7, 11) is -3.57. The normalized spacial score (nSPS) is 11.9. The maximum atomic E-state index is 13.5. The Balaban J connectivity index is 2.12. The number of nitrogens with zero attached hydrogens (tertiary/aromatic N) is 3. The summed E-state index contributed by atoms with van der Waals surface area (Å²) in [5.74, 6) is -0.0810. The molecule has 0 aliphatic carbocycles. The Labute approximate surface area is 356 Å². The van der Waals surface area contributed by atoms with Crippen LogP contribution < -0.4 is 11.4 Å². The standard InChI is InChI=1S/C46H91N4O7P/c1-3-5-7-9-11-13-15-17-19-21-23-25-27-29-31-33-36-53-39-41-56-58(52,44-55-38-35-50-43-48-45(47)49-46(50)51)57-42-40-54-37-34-32-30-28-26-24-22-20-18-16-14-12-10-8-6-4-2/h43H,3-42,44H2,1-2H3,(H2,47,49,51). The first-order valence-corrected chi connectivity index (χ1v) is 26.0. The van der Waals surface area contributed by atoms with Crippen LogP contribution in [-0.2, 0) is 34.4 Å². The van der Waals surface area contributed by atoms with Crippen molar-refractivity contribution in [1.29, 1.82) is 0 Å². The van der Waals surface area contributed by atoms with Crippen molar-refractivity contribution in [2.24, 2.45) is 0 Å². The zero-order chi connectivity index (χ0) is 41.9. The number of hydrogen-bond donors (Lipinski definition) is 1. The van der Waals surface area contributed by atoms with Crippen LogP contribution in [0.2, 0.25) is 0 Å². The van der Waals surface area contributed by atoms with E-state index >= 15 is 0 Å². The molecule has 0 aliphatic rings. The fourth-order valence-electron chi connectivity index (χ4n) is 7.15. The van der Waals surface area contributed by atoms with Gasteiger partial charge in [-0.1, -0.05) is 206 Å². The Bertz CT molecular complexity index is 1060. The zero-order valence-electron chi connectivity index (χ0n) is 37.8. The molecule has 342 valence electrons. The molecule has 0 unspecified atom stereocenters. The monoisotopic (exact) mass is 843 g/mol. The fourth-order valence-corrected chi connectivity index (χ4v) is 8.43. The minimum Gasteiger partial charge on any atom is -0.379 e. The maximum Gasteiger partial charge on any atom is 0.356 e. The van der Waals surface area contributed by atoms with E-state index in [4.69, 9.17) is 29.0 Å². The van der Waals surface area contributed by atoms with Crippen LogP contribution in [0.25, 0.3) is 0 Å². The second-order valence-corrected chi connectivity index (χ2v) is 18.3. The molecule has 0 saturated carbocycles. The van der Waals surface area contributed by atoms with Crippen molar-refractivity contribution in [2.75, 3.05) is 58.3 Å². The van der Waals surface area contributed by atoms with Gasteiger partial charge in [0.2, 0.25) is 5.95 Å². The Kier molecular flexibility index (Phi) is 39.9. The van der Waals surface area contributed by atoms with Gasteiger partial charge in [-0.3, -0.25) is 9.13 Å². The molecule has 12 heteroatoms. The molecule has 58 heavy (non-hydrogen) atoms. The lowest BCUT2D eigenvalue weighted by molar-refractivity contribution is 0.0607. The van der Waals surface area contributed by atoms with E-state index in [1.165, 1.54) is 191 Å². The number of unbranched alkanes of at least 4 members (excludes halogenated alkanes) is 30. The highest BCUT2D eigenvalue weighted by Gasteiger charge is 2.25. The molecule has 11 nitrogen and oxygen atoms in total. The molecule has 0 radical (unpaired) electrons. The fraction of sp³-hybridized carbons (Fsp3) is 0.935. The first kappa shape index (κ1) is 54.7. The third-order valence-corrected chi connectivity index (χ3v) is 12.5. The molecule has 2 N–H and O–H groups in total. The quantitative estimate of drug-likeness (QED) is 0.0498. The van der Waals surface area contributed by atoms with Crippen molar-refractivity contribution in [2.45, 2.75) is 226 Å². The number of nitrogens with two attached hydrogens (primary N) is 1. The van der Waals surface area contributed by atoms with Crippen molar-refractivity contribution in [1.82, 2.24) is 14.5 Å². The van der Waals surface area contributed by atoms with Crippen LogP contribution in [-0.4, -0.2) is 67.1 Å². The highest BCUT2D eigenvalue weighted by atomic mass is 31.2. The van der Waals surface area contributed by atoms with Crippen molar-refractivity contribution < 1.29 is 27.8 Å². The van der Waals surface area contributed by atoms with Gasteiger partial charge in [0.05, 0.1) is 39.6 Å². The molecule has 1 rings (SSSR count). The van der Waals surface area contributed by atoms with E-state index in [2.05, 4.69) is 23.8 Å². The second kappa shape index (κ2) is 42.3. The molecule has 1 heterocycles. The van der Waals surface area contributed by atoms with Gasteiger partial charge in [-0.25, -0.2) is 9.78 Å². The predicted octanol–water partition coefficient (Wildman–Crippen LogP) is 13.0. The van der Waals surface area contributed by atoms with Crippen molar-refractivity contribution >= 4 is 13.5 Å². The number of nitrogen functional groups attached to an aromatic ring is 1. The summed E-state index contributed by atoms with van der Waals surface area (Å²) < 4.78 is 43.4. The van der Waals surface area contributed by atoms with Gasteiger partial charge in [-0.05, 0) is 12.8 Å². The van der Waals surface area contributed by atoms with Gasteiger partial charge in [-0.15, -0.1) is 0 Å². The van der Waals surface area contributed by atoms with Crippen LogP contribution in [0.1, 0.15) is 219 Å². The molecule has 0 aliphatic heterocycles. The molecule has 0 saturated heterocycles. The van der Waals surface area contributed by atoms with E-state index in [9.17, 15) is 9.36 Å². The summed E-state index contributed by atoms with van der Waals surface area (Å²) in [6, 6.07) is 0. The third kappa shape index (κ3) is 36.5. The predicted molar refractivity (Wildman–Crippen MR) is 242 cm³/mol. The summed E-state index contributed by atoms with van der Waals surface area (Å²) in [4.78, 5) is 19.4. The van der Waals surface area contributed by atoms with Crippen molar-refractivity contribution in [3.63, 3.8) is 0 Å². The molecule has 0 spiro atoms. The molecular weight excluding hydrogens is 752 g/mol. The molecule has 0 amide bonds. The van der Waals surface area contributed by atoms with E-state index in [-0.39, 0.29) is 38.7 Å². The van der Waals surface area contributed by atoms with Crippen LogP contribution in [0.15, 0.2) is 11.1 Å². The van der Waals surface area contributed by atoms with E-state index in [1.807, 2.05) is 0 Å². The smallest absolute Gasteiger partial charge is 0.356 e. The highest BCUT2D eigenvalue weighted by Crippen LogP contribution is 2.48. The van der Waals surface area contributed by atoms with E-state index in [0.717, 1.165) is 25.7 Å². The first-order valence-electron chi connectivity index (χ1n) is 24.3. The van der Waals surface area contributed by atoms with Gasteiger partial charge in [0.15, 0.2) is 0 Å². The lowest BCUT2D eigenvalue weighted by Crippen LogP contribution is -2.26. The number of hydrogen-bond acceptors (Lipinski definition) is 10. The largest absolute Gasteiger partial charge is 0.379 e. The number of rotatable bonds is 47. The molecule has 0 atom stereocenters. The second-order valence-electron chi connectivity index (χ2n) is 16.3. The van der Waals surface area contributed by atoms with Gasteiger partial charge in [0, 0.05) is 13.2 Å². The lowest BCUT2D eigenvalue weighted by Gasteiger charge is -2.19. The number of anilines is 1. The third-order valence-electron chi connectivity index (χ3n) is 10.8. The SMILES string of the molecule is CCCCCCCCCCCCCCCCCCOCCOP(=O)(COCCn1cnc(N)nc1=O)OCCOCCCCCCCCCCCCCCCCCC. The van der Waals surface area contributed by atoms with E-state index in [0.29, 0.717) is 26.4 Å². The van der Waals surface area contributed by atoms with Crippen LogP contribution in [0, 0.1) is 0 Å². The van der Waals surface area contributed by atoms with Crippen LogP contribution in [0.3, 0.4) is 0 Å². The summed E-state index contributed by atoms with van der Waals surface area (Å²) in [6.07, 6.45) is 43.9. The summed E-state index contributed by atoms with van der Waals surface area (Å²) in [5.41, 5.74) is 4.95. The minimum absolute atomic E-state index is 0.0810. The van der Waals surface area contributed by atoms with Gasteiger partial charge >= 0.3 is 13.3 Å². The van der Waals surface area contributed by atoms with Gasteiger partial charge in [0.25, 0.3) is 0 Å². The Morgan fingerprint density at radius 2 is 0.828 bits per heavy atom. The van der Waals surface area contributed by atoms with Crippen molar-refractivity contribution in [3.8, 4) is 0 Å². The average Bonchev–Trinajstić information content (AvgIpc) is 3.21. The topological polar surface area (TPSA) is 137 Å². The van der Waals surface area contributed by atoms with Crippen LogP contribution in [0.5, 0.6) is 0 Å². The Morgan fingerprint density at radius 1 is 0.483 bits per heavy atom. The van der Waals surface area contributed by atoms with Gasteiger partial charge in [0.1, 0.15) is 12.7 Å². The first-order chi connectivity index (χ1) is 28.5. The maximum absolute atomic E-state index is 13.5. The highest BCUT2D eigenvalue weighted by molar-refractivity contribution is 7.53.